The Bertz CT molecular complexity index is 149. The molecule has 0 saturated heterocycles. The zero-order chi connectivity index (χ0) is 8.69. The Kier molecular flexibility index (Phi) is 10.8. The third kappa shape index (κ3) is 8.01. The molecular weight excluding hydrogens is 165 g/mol. The molecule has 4 heteroatoms. The second kappa shape index (κ2) is 9.00. The quantitative estimate of drug-likeness (QED) is 0.311. The van der Waals surface area contributed by atoms with Crippen LogP contribution >= 0.6 is 0 Å². The molecule has 0 aliphatic rings. The predicted octanol–water partition coefficient (Wildman–Crippen LogP) is -3.59. The first-order valence-corrected chi connectivity index (χ1v) is 3.34. The Labute approximate surface area is 95.0 Å². The van der Waals surface area contributed by atoms with Crippen molar-refractivity contribution in [1.82, 2.24) is 4.90 Å². The molecule has 0 unspecified atom stereocenters. The molecule has 3 nitrogen and oxygen atoms in total. The Morgan fingerprint density at radius 2 is 1.75 bits per heavy atom. The number of carboxylic acids is 1. The number of aliphatic carboxylic acids is 1. The van der Waals surface area contributed by atoms with E-state index in [9.17, 15) is 9.90 Å². The minimum absolute atomic E-state index is 0. The number of carboxylic acid groups (broad SMARTS) is 1. The van der Waals surface area contributed by atoms with Crippen LogP contribution in [0.3, 0.4) is 0 Å². The van der Waals surface area contributed by atoms with E-state index in [0.29, 0.717) is 13.1 Å². The van der Waals surface area contributed by atoms with Gasteiger partial charge in [0.05, 0.1) is 5.97 Å². The van der Waals surface area contributed by atoms with E-state index in [-0.39, 0.29) is 36.1 Å². The molecule has 0 radical (unpaired) electrons. The van der Waals surface area contributed by atoms with Crippen molar-refractivity contribution in [2.24, 2.45) is 0 Å². The van der Waals surface area contributed by atoms with Crippen LogP contribution < -0.4 is 34.7 Å². The van der Waals surface area contributed by atoms with Crippen molar-refractivity contribution in [3.63, 3.8) is 0 Å². The van der Waals surface area contributed by atoms with Crippen molar-refractivity contribution in [2.75, 3.05) is 19.6 Å². The van der Waals surface area contributed by atoms with Gasteiger partial charge in [-0.3, -0.25) is 4.90 Å². The van der Waals surface area contributed by atoms with Gasteiger partial charge in [-0.1, -0.05) is 12.2 Å². The number of rotatable bonds is 6. The summed E-state index contributed by atoms with van der Waals surface area (Å²) in [7, 11) is 0. The number of carbonyl (C=O) groups excluding carboxylic acids is 1. The van der Waals surface area contributed by atoms with Gasteiger partial charge < -0.3 is 9.90 Å². The van der Waals surface area contributed by atoms with E-state index in [4.69, 9.17) is 0 Å². The first kappa shape index (κ1) is 14.4. The van der Waals surface area contributed by atoms with Crippen LogP contribution in [-0.4, -0.2) is 30.5 Å². The van der Waals surface area contributed by atoms with Crippen LogP contribution in [0.1, 0.15) is 0 Å². The summed E-state index contributed by atoms with van der Waals surface area (Å²) in [4.78, 5) is 11.8. The Morgan fingerprint density at radius 1 is 1.33 bits per heavy atom. The van der Waals surface area contributed by atoms with Gasteiger partial charge in [0.15, 0.2) is 0 Å². The average molecular weight is 177 g/mol. The molecule has 0 spiro atoms. The summed E-state index contributed by atoms with van der Waals surface area (Å²) in [6.07, 6.45) is 3.29. The van der Waals surface area contributed by atoms with Crippen LogP contribution in [-0.2, 0) is 4.79 Å². The first-order valence-electron chi connectivity index (χ1n) is 3.34. The topological polar surface area (TPSA) is 43.4 Å². The van der Waals surface area contributed by atoms with E-state index < -0.39 is 5.97 Å². The zero-order valence-corrected chi connectivity index (χ0v) is 9.45. The molecule has 0 rings (SSSR count). The fourth-order valence-corrected chi connectivity index (χ4v) is 0.751. The van der Waals surface area contributed by atoms with Gasteiger partial charge in [-0.15, -0.1) is 13.2 Å². The standard InChI is InChI=1S/C8H13NO2.Na/c1-3-5-9(6-4-2)7-8(10)11;/h3-4H,1-2,5-7H2,(H,10,11);/q;+1/p-1. The molecule has 0 bridgehead atoms. The van der Waals surface area contributed by atoms with Gasteiger partial charge in [-0.2, -0.15) is 0 Å². The molecule has 0 heterocycles. The summed E-state index contributed by atoms with van der Waals surface area (Å²) < 4.78 is 0. The summed E-state index contributed by atoms with van der Waals surface area (Å²) in [6, 6.07) is 0. The second-order valence-corrected chi connectivity index (χ2v) is 2.14. The largest absolute Gasteiger partial charge is 1.00 e. The Morgan fingerprint density at radius 3 is 2.00 bits per heavy atom. The van der Waals surface area contributed by atoms with Crippen molar-refractivity contribution in [2.45, 2.75) is 0 Å². The average Bonchev–Trinajstić information content (AvgIpc) is 1.87. The number of carbonyl (C=O) groups is 1. The monoisotopic (exact) mass is 177 g/mol. The van der Waals surface area contributed by atoms with E-state index in [0.717, 1.165) is 0 Å². The third-order valence-corrected chi connectivity index (χ3v) is 1.13. The molecule has 0 saturated carbocycles. The maximum atomic E-state index is 10.1. The normalized spacial score (nSPS) is 8.75. The maximum Gasteiger partial charge on any atom is 1.00 e. The molecule has 62 valence electrons. The second-order valence-electron chi connectivity index (χ2n) is 2.14. The molecule has 0 atom stereocenters. The predicted molar refractivity (Wildman–Crippen MR) is 41.8 cm³/mol. The van der Waals surface area contributed by atoms with Gasteiger partial charge in [0.25, 0.3) is 0 Å². The number of hydrogen-bond acceptors (Lipinski definition) is 3. The fraction of sp³-hybridized carbons (Fsp3) is 0.375. The summed E-state index contributed by atoms with van der Waals surface area (Å²) >= 11 is 0. The molecule has 0 aliphatic heterocycles. The van der Waals surface area contributed by atoms with Gasteiger partial charge in [-0.25, -0.2) is 0 Å². The van der Waals surface area contributed by atoms with E-state index in [2.05, 4.69) is 13.2 Å². The first-order chi connectivity index (χ1) is 5.20. The summed E-state index contributed by atoms with van der Waals surface area (Å²) in [5, 5.41) is 10.1. The van der Waals surface area contributed by atoms with Crippen LogP contribution in [0.15, 0.2) is 25.3 Å². The van der Waals surface area contributed by atoms with Crippen LogP contribution in [0.25, 0.3) is 0 Å². The van der Waals surface area contributed by atoms with Crippen molar-refractivity contribution >= 4 is 5.97 Å². The summed E-state index contributed by atoms with van der Waals surface area (Å²) in [5.74, 6) is -1.08. The van der Waals surface area contributed by atoms with E-state index in [1.165, 1.54) is 0 Å². The fourth-order valence-electron chi connectivity index (χ4n) is 0.751. The number of hydrogen-bond donors (Lipinski definition) is 0. The molecule has 0 aromatic carbocycles. The SMILES string of the molecule is C=CCN(CC=C)CC(=O)[O-].[Na+]. The molecule has 0 N–H and O–H groups in total. The van der Waals surface area contributed by atoms with Crippen LogP contribution in [0.4, 0.5) is 0 Å². The van der Waals surface area contributed by atoms with E-state index in [1.807, 2.05) is 0 Å². The molecule has 0 aromatic rings. The minimum atomic E-state index is -1.08. The third-order valence-electron chi connectivity index (χ3n) is 1.13. The van der Waals surface area contributed by atoms with Gasteiger partial charge in [0.2, 0.25) is 0 Å². The molecular formula is C8H12NNaO2. The van der Waals surface area contributed by atoms with Gasteiger partial charge in [-0.05, 0) is 0 Å². The maximum absolute atomic E-state index is 10.1. The zero-order valence-electron chi connectivity index (χ0n) is 7.45. The molecule has 0 aromatic heterocycles. The van der Waals surface area contributed by atoms with Gasteiger partial charge >= 0.3 is 29.6 Å². The molecule has 0 aliphatic carbocycles. The Balaban J connectivity index is 0. The van der Waals surface area contributed by atoms with Crippen LogP contribution in [0.2, 0.25) is 0 Å². The Hall–Kier alpha value is -0.0900. The summed E-state index contributed by atoms with van der Waals surface area (Å²) in [5.41, 5.74) is 0. The van der Waals surface area contributed by atoms with Crippen LogP contribution in [0.5, 0.6) is 0 Å². The van der Waals surface area contributed by atoms with Crippen molar-refractivity contribution in [1.29, 1.82) is 0 Å². The van der Waals surface area contributed by atoms with Gasteiger partial charge in [0.1, 0.15) is 0 Å². The van der Waals surface area contributed by atoms with E-state index >= 15 is 0 Å². The van der Waals surface area contributed by atoms with Gasteiger partial charge in [0, 0.05) is 19.6 Å². The van der Waals surface area contributed by atoms with Crippen molar-refractivity contribution in [3.8, 4) is 0 Å². The molecule has 0 fully saturated rings. The minimum Gasteiger partial charge on any atom is -0.549 e. The van der Waals surface area contributed by atoms with Crippen LogP contribution in [0, 0.1) is 0 Å². The smallest absolute Gasteiger partial charge is 0.549 e. The molecule has 12 heavy (non-hydrogen) atoms. The molecule has 0 amide bonds. The summed E-state index contributed by atoms with van der Waals surface area (Å²) in [6.45, 7) is 8.01. The van der Waals surface area contributed by atoms with Crippen molar-refractivity contribution in [3.05, 3.63) is 25.3 Å². The van der Waals surface area contributed by atoms with E-state index in [1.54, 1.807) is 17.1 Å². The number of nitrogens with zero attached hydrogens (tertiary/aromatic N) is 1. The van der Waals surface area contributed by atoms with Crippen molar-refractivity contribution < 1.29 is 39.5 Å².